The zero-order valence-electron chi connectivity index (χ0n) is 13.0. The summed E-state index contributed by atoms with van der Waals surface area (Å²) in [6.45, 7) is 0. The predicted molar refractivity (Wildman–Crippen MR) is 92.8 cm³/mol. The molecule has 0 unspecified atom stereocenters. The average Bonchev–Trinajstić information content (AvgIpc) is 3.10. The van der Waals surface area contributed by atoms with Crippen molar-refractivity contribution >= 4 is 22.6 Å². The van der Waals surface area contributed by atoms with E-state index in [4.69, 9.17) is 25.3 Å². The molecule has 0 spiro atoms. The van der Waals surface area contributed by atoms with Gasteiger partial charge in [0.25, 0.3) is 5.89 Å². The van der Waals surface area contributed by atoms with E-state index in [0.717, 1.165) is 0 Å². The van der Waals surface area contributed by atoms with Crippen molar-refractivity contribution in [2.45, 2.75) is 0 Å². The Morgan fingerprint density at radius 3 is 2.72 bits per heavy atom. The van der Waals surface area contributed by atoms with Crippen LogP contribution in [0.3, 0.4) is 0 Å². The number of benzene rings is 2. The maximum atomic E-state index is 12.3. The lowest BCUT2D eigenvalue weighted by Crippen LogP contribution is -2.03. The number of hydrogen-bond donors (Lipinski definition) is 0. The number of aromatic nitrogens is 2. The number of hydrogen-bond acceptors (Lipinski definition) is 6. The number of fused-ring (bicyclic) bond motifs is 1. The van der Waals surface area contributed by atoms with E-state index in [0.29, 0.717) is 33.1 Å². The molecule has 0 bridgehead atoms. The van der Waals surface area contributed by atoms with Crippen molar-refractivity contribution in [1.29, 1.82) is 0 Å². The van der Waals surface area contributed by atoms with Gasteiger partial charge in [0, 0.05) is 17.0 Å². The van der Waals surface area contributed by atoms with Gasteiger partial charge in [0.2, 0.25) is 5.82 Å². The van der Waals surface area contributed by atoms with Gasteiger partial charge in [0.1, 0.15) is 16.9 Å². The quantitative estimate of drug-likeness (QED) is 0.514. The van der Waals surface area contributed by atoms with E-state index in [1.165, 1.54) is 0 Å². The van der Waals surface area contributed by atoms with Crippen LogP contribution in [0.2, 0.25) is 5.02 Å². The van der Waals surface area contributed by atoms with Gasteiger partial charge in [-0.1, -0.05) is 28.9 Å². The van der Waals surface area contributed by atoms with Gasteiger partial charge >= 0.3 is 5.63 Å². The molecule has 0 atom stereocenters. The molecule has 2 aromatic heterocycles. The third-order valence-electron chi connectivity index (χ3n) is 3.71. The summed E-state index contributed by atoms with van der Waals surface area (Å²) in [6.07, 6.45) is 0. The first-order valence-electron chi connectivity index (χ1n) is 7.36. The normalized spacial score (nSPS) is 11.0. The summed E-state index contributed by atoms with van der Waals surface area (Å²) < 4.78 is 15.7. The van der Waals surface area contributed by atoms with E-state index in [1.807, 2.05) is 6.07 Å². The molecule has 0 N–H and O–H groups in total. The monoisotopic (exact) mass is 354 g/mol. The van der Waals surface area contributed by atoms with E-state index < -0.39 is 5.63 Å². The third-order valence-corrected chi connectivity index (χ3v) is 4.04. The van der Waals surface area contributed by atoms with Crippen LogP contribution >= 0.6 is 11.6 Å². The molecule has 4 rings (SSSR count). The Hall–Kier alpha value is -3.12. The van der Waals surface area contributed by atoms with Gasteiger partial charge in [0.15, 0.2) is 0 Å². The fourth-order valence-electron chi connectivity index (χ4n) is 2.45. The molecule has 0 saturated carbocycles. The Morgan fingerprint density at radius 2 is 1.92 bits per heavy atom. The third kappa shape index (κ3) is 2.77. The molecule has 25 heavy (non-hydrogen) atoms. The number of rotatable bonds is 3. The highest BCUT2D eigenvalue weighted by Crippen LogP contribution is 2.28. The Labute approximate surface area is 146 Å². The second-order valence-electron chi connectivity index (χ2n) is 5.25. The lowest BCUT2D eigenvalue weighted by atomic mass is 10.1. The van der Waals surface area contributed by atoms with Crippen LogP contribution in [0.4, 0.5) is 0 Å². The standard InChI is InChI=1S/C18H11ClN2O4/c1-23-11-7-6-10-8-13(18(22)24-15(10)9-11)17-20-16(21-25-17)12-4-2-3-5-14(12)19/h2-9H,1H3. The number of methoxy groups -OCH3 is 1. The Balaban J connectivity index is 1.81. The van der Waals surface area contributed by atoms with Gasteiger partial charge < -0.3 is 13.7 Å². The van der Waals surface area contributed by atoms with Crippen LogP contribution in [0.25, 0.3) is 33.8 Å². The molecule has 6 nitrogen and oxygen atoms in total. The van der Waals surface area contributed by atoms with Crippen molar-refractivity contribution in [3.8, 4) is 28.6 Å². The summed E-state index contributed by atoms with van der Waals surface area (Å²) in [5.74, 6) is 0.971. The van der Waals surface area contributed by atoms with Gasteiger partial charge in [-0.05, 0) is 30.3 Å². The van der Waals surface area contributed by atoms with Gasteiger partial charge in [-0.25, -0.2) is 4.79 Å². The molecule has 0 aliphatic carbocycles. The van der Waals surface area contributed by atoms with Crippen molar-refractivity contribution in [2.75, 3.05) is 7.11 Å². The van der Waals surface area contributed by atoms with Gasteiger partial charge in [-0.2, -0.15) is 4.98 Å². The smallest absolute Gasteiger partial charge is 0.349 e. The van der Waals surface area contributed by atoms with Crippen LogP contribution in [-0.4, -0.2) is 17.3 Å². The van der Waals surface area contributed by atoms with Crippen molar-refractivity contribution in [1.82, 2.24) is 10.1 Å². The molecular weight excluding hydrogens is 344 g/mol. The highest BCUT2D eigenvalue weighted by atomic mass is 35.5. The molecule has 2 heterocycles. The molecule has 0 aliphatic rings. The fourth-order valence-corrected chi connectivity index (χ4v) is 2.67. The van der Waals surface area contributed by atoms with Crippen molar-refractivity contribution in [3.63, 3.8) is 0 Å². The lowest BCUT2D eigenvalue weighted by molar-refractivity contribution is 0.414. The van der Waals surface area contributed by atoms with E-state index in [-0.39, 0.29) is 11.5 Å². The predicted octanol–water partition coefficient (Wildman–Crippen LogP) is 4.17. The summed E-state index contributed by atoms with van der Waals surface area (Å²) in [7, 11) is 1.54. The molecular formula is C18H11ClN2O4. The molecule has 2 aromatic carbocycles. The number of halogens is 1. The highest BCUT2D eigenvalue weighted by molar-refractivity contribution is 6.33. The summed E-state index contributed by atoms with van der Waals surface area (Å²) in [5.41, 5.74) is 0.645. The van der Waals surface area contributed by atoms with Crippen molar-refractivity contribution < 1.29 is 13.7 Å². The van der Waals surface area contributed by atoms with Crippen LogP contribution in [-0.2, 0) is 0 Å². The zero-order chi connectivity index (χ0) is 17.4. The second kappa shape index (κ2) is 6.07. The van der Waals surface area contributed by atoms with Crippen LogP contribution in [0.5, 0.6) is 5.75 Å². The maximum absolute atomic E-state index is 12.3. The summed E-state index contributed by atoms with van der Waals surface area (Å²) in [5, 5.41) is 5.11. The van der Waals surface area contributed by atoms with E-state index in [9.17, 15) is 4.79 Å². The zero-order valence-corrected chi connectivity index (χ0v) is 13.8. The SMILES string of the molecule is COc1ccc2cc(-c3nc(-c4ccccc4Cl)no3)c(=O)oc2c1. The highest BCUT2D eigenvalue weighted by Gasteiger charge is 2.17. The Bertz CT molecular complexity index is 1130. The molecule has 0 amide bonds. The molecule has 0 saturated heterocycles. The average molecular weight is 355 g/mol. The molecule has 0 radical (unpaired) electrons. The maximum Gasteiger partial charge on any atom is 0.349 e. The van der Waals surface area contributed by atoms with E-state index in [2.05, 4.69) is 10.1 Å². The number of ether oxygens (including phenoxy) is 1. The molecule has 124 valence electrons. The molecule has 4 aromatic rings. The first kappa shape index (κ1) is 15.4. The lowest BCUT2D eigenvalue weighted by Gasteiger charge is -2.02. The minimum absolute atomic E-state index is 0.0707. The van der Waals surface area contributed by atoms with Gasteiger partial charge in [-0.3, -0.25) is 0 Å². The molecule has 0 aliphatic heterocycles. The first-order chi connectivity index (χ1) is 12.2. The first-order valence-corrected chi connectivity index (χ1v) is 7.74. The second-order valence-corrected chi connectivity index (χ2v) is 5.66. The molecule has 0 fully saturated rings. The number of nitrogens with zero attached hydrogens (tertiary/aromatic N) is 2. The summed E-state index contributed by atoms with van der Waals surface area (Å²) >= 11 is 6.14. The fraction of sp³-hybridized carbons (Fsp3) is 0.0556. The largest absolute Gasteiger partial charge is 0.497 e. The topological polar surface area (TPSA) is 78.4 Å². The summed E-state index contributed by atoms with van der Waals surface area (Å²) in [6, 6.07) is 14.0. The van der Waals surface area contributed by atoms with Gasteiger partial charge in [-0.15, -0.1) is 0 Å². The Kier molecular flexibility index (Phi) is 3.74. The van der Waals surface area contributed by atoms with Crippen LogP contribution < -0.4 is 10.4 Å². The van der Waals surface area contributed by atoms with Crippen molar-refractivity contribution in [2.24, 2.45) is 0 Å². The minimum Gasteiger partial charge on any atom is -0.497 e. The van der Waals surface area contributed by atoms with E-state index in [1.54, 1.807) is 49.6 Å². The minimum atomic E-state index is -0.574. The van der Waals surface area contributed by atoms with Crippen molar-refractivity contribution in [3.05, 3.63) is 64.0 Å². The van der Waals surface area contributed by atoms with Crippen LogP contribution in [0, 0.1) is 0 Å². The molecule has 7 heteroatoms. The van der Waals surface area contributed by atoms with Gasteiger partial charge in [0.05, 0.1) is 12.1 Å². The van der Waals surface area contributed by atoms with Crippen LogP contribution in [0.1, 0.15) is 0 Å². The van der Waals surface area contributed by atoms with E-state index >= 15 is 0 Å². The van der Waals surface area contributed by atoms with Crippen LogP contribution in [0.15, 0.2) is 62.3 Å². The Morgan fingerprint density at radius 1 is 1.08 bits per heavy atom. The summed E-state index contributed by atoms with van der Waals surface area (Å²) in [4.78, 5) is 16.6.